The lowest BCUT2D eigenvalue weighted by molar-refractivity contribution is 0.396. The van der Waals surface area contributed by atoms with E-state index in [-0.39, 0.29) is 6.04 Å². The summed E-state index contributed by atoms with van der Waals surface area (Å²) in [6.45, 7) is 3.12. The van der Waals surface area contributed by atoms with E-state index >= 15 is 0 Å². The van der Waals surface area contributed by atoms with E-state index in [0.717, 1.165) is 37.3 Å². The zero-order valence-electron chi connectivity index (χ0n) is 12.6. The summed E-state index contributed by atoms with van der Waals surface area (Å²) in [5.41, 5.74) is 1.29. The van der Waals surface area contributed by atoms with Gasteiger partial charge in [0.15, 0.2) is 5.22 Å². The summed E-state index contributed by atoms with van der Waals surface area (Å²) in [6, 6.07) is 12.1. The third-order valence-electron chi connectivity index (χ3n) is 3.46. The van der Waals surface area contributed by atoms with Crippen LogP contribution < -0.4 is 10.1 Å². The van der Waals surface area contributed by atoms with Crippen molar-refractivity contribution in [1.82, 2.24) is 5.32 Å². The van der Waals surface area contributed by atoms with Crippen LogP contribution in [0.5, 0.6) is 5.75 Å². The molecule has 114 valence electrons. The van der Waals surface area contributed by atoms with Crippen LogP contribution in [-0.2, 0) is 6.42 Å². The summed E-state index contributed by atoms with van der Waals surface area (Å²) >= 11 is 5.88. The molecule has 1 aromatic heterocycles. The molecule has 0 saturated heterocycles. The van der Waals surface area contributed by atoms with Crippen molar-refractivity contribution >= 4 is 11.6 Å². The molecule has 1 unspecified atom stereocenters. The maximum atomic E-state index is 5.88. The van der Waals surface area contributed by atoms with Crippen LogP contribution in [0.25, 0.3) is 0 Å². The van der Waals surface area contributed by atoms with Gasteiger partial charge < -0.3 is 14.5 Å². The average Bonchev–Trinajstić information content (AvgIpc) is 2.94. The van der Waals surface area contributed by atoms with Gasteiger partial charge in [0.2, 0.25) is 0 Å². The SMILES string of the molecule is CCCNC(CCc1ccc(OC)cc1)c1ccc(Cl)o1. The second kappa shape index (κ2) is 8.11. The Morgan fingerprint density at radius 3 is 2.52 bits per heavy atom. The van der Waals surface area contributed by atoms with E-state index in [1.807, 2.05) is 18.2 Å². The molecule has 0 radical (unpaired) electrons. The molecular weight excluding hydrogens is 286 g/mol. The number of hydrogen-bond acceptors (Lipinski definition) is 3. The fraction of sp³-hybridized carbons (Fsp3) is 0.412. The molecule has 0 fully saturated rings. The van der Waals surface area contributed by atoms with Gasteiger partial charge in [0.25, 0.3) is 0 Å². The minimum absolute atomic E-state index is 0.194. The van der Waals surface area contributed by atoms with E-state index in [2.05, 4.69) is 24.4 Å². The van der Waals surface area contributed by atoms with Crippen LogP contribution in [0.2, 0.25) is 5.22 Å². The van der Waals surface area contributed by atoms with Gasteiger partial charge >= 0.3 is 0 Å². The zero-order chi connectivity index (χ0) is 15.1. The Morgan fingerprint density at radius 1 is 1.19 bits per heavy atom. The van der Waals surface area contributed by atoms with Crippen LogP contribution in [0.15, 0.2) is 40.8 Å². The van der Waals surface area contributed by atoms with Crippen molar-refractivity contribution in [1.29, 1.82) is 0 Å². The molecule has 21 heavy (non-hydrogen) atoms. The van der Waals surface area contributed by atoms with Crippen molar-refractivity contribution in [3.05, 3.63) is 52.9 Å². The lowest BCUT2D eigenvalue weighted by Gasteiger charge is -2.16. The number of hydrogen-bond donors (Lipinski definition) is 1. The molecule has 0 aliphatic rings. The zero-order valence-corrected chi connectivity index (χ0v) is 13.3. The monoisotopic (exact) mass is 307 g/mol. The molecule has 1 aromatic carbocycles. The third kappa shape index (κ3) is 4.80. The molecule has 4 heteroatoms. The first-order valence-corrected chi connectivity index (χ1v) is 7.72. The first-order valence-electron chi connectivity index (χ1n) is 7.34. The Bertz CT molecular complexity index is 536. The summed E-state index contributed by atoms with van der Waals surface area (Å²) in [4.78, 5) is 0. The maximum Gasteiger partial charge on any atom is 0.193 e. The Balaban J connectivity index is 1.97. The topological polar surface area (TPSA) is 34.4 Å². The van der Waals surface area contributed by atoms with Gasteiger partial charge in [-0.05, 0) is 67.2 Å². The van der Waals surface area contributed by atoms with Crippen molar-refractivity contribution in [3.8, 4) is 5.75 Å². The lowest BCUT2D eigenvalue weighted by atomic mass is 10.0. The summed E-state index contributed by atoms with van der Waals surface area (Å²) < 4.78 is 10.7. The number of ether oxygens (including phenoxy) is 1. The Labute approximate surface area is 131 Å². The predicted octanol–water partition coefficient (Wildman–Crippen LogP) is 4.62. The Hall–Kier alpha value is -1.45. The van der Waals surface area contributed by atoms with Gasteiger partial charge in [-0.25, -0.2) is 0 Å². The van der Waals surface area contributed by atoms with Gasteiger partial charge in [0, 0.05) is 0 Å². The molecule has 0 aliphatic heterocycles. The highest BCUT2D eigenvalue weighted by molar-refractivity contribution is 6.28. The first kappa shape index (κ1) is 15.9. The van der Waals surface area contributed by atoms with Gasteiger partial charge in [-0.15, -0.1) is 0 Å². The molecule has 0 amide bonds. The maximum absolute atomic E-state index is 5.88. The molecule has 1 heterocycles. The highest BCUT2D eigenvalue weighted by Crippen LogP contribution is 2.24. The number of rotatable bonds is 8. The van der Waals surface area contributed by atoms with Crippen molar-refractivity contribution in [2.45, 2.75) is 32.2 Å². The van der Waals surface area contributed by atoms with Gasteiger partial charge in [0.1, 0.15) is 11.5 Å². The van der Waals surface area contributed by atoms with Crippen molar-refractivity contribution < 1.29 is 9.15 Å². The molecule has 1 atom stereocenters. The number of furan rings is 1. The molecule has 0 bridgehead atoms. The number of benzene rings is 1. The summed E-state index contributed by atoms with van der Waals surface area (Å²) in [5, 5.41) is 3.96. The molecule has 0 spiro atoms. The van der Waals surface area contributed by atoms with E-state index in [9.17, 15) is 0 Å². The highest BCUT2D eigenvalue weighted by atomic mass is 35.5. The van der Waals surface area contributed by atoms with E-state index < -0.39 is 0 Å². The second-order valence-electron chi connectivity index (χ2n) is 5.04. The molecule has 2 aromatic rings. The smallest absolute Gasteiger partial charge is 0.193 e. The minimum atomic E-state index is 0.194. The van der Waals surface area contributed by atoms with E-state index in [1.54, 1.807) is 13.2 Å². The van der Waals surface area contributed by atoms with Gasteiger partial charge in [-0.1, -0.05) is 19.1 Å². The first-order chi connectivity index (χ1) is 10.2. The molecule has 3 nitrogen and oxygen atoms in total. The van der Waals surface area contributed by atoms with Crippen LogP contribution in [-0.4, -0.2) is 13.7 Å². The van der Waals surface area contributed by atoms with Crippen molar-refractivity contribution in [3.63, 3.8) is 0 Å². The molecule has 2 rings (SSSR count). The van der Waals surface area contributed by atoms with Gasteiger partial charge in [-0.2, -0.15) is 0 Å². The van der Waals surface area contributed by atoms with Crippen LogP contribution in [0.1, 0.15) is 37.1 Å². The number of nitrogens with one attached hydrogen (secondary N) is 1. The molecular formula is C17H22ClNO2. The van der Waals surface area contributed by atoms with E-state index in [1.165, 1.54) is 5.56 Å². The normalized spacial score (nSPS) is 12.3. The van der Waals surface area contributed by atoms with Crippen molar-refractivity contribution in [2.75, 3.05) is 13.7 Å². The average molecular weight is 308 g/mol. The largest absolute Gasteiger partial charge is 0.497 e. The fourth-order valence-corrected chi connectivity index (χ4v) is 2.43. The Kier molecular flexibility index (Phi) is 6.15. The number of halogens is 1. The summed E-state index contributed by atoms with van der Waals surface area (Å²) in [7, 11) is 1.68. The second-order valence-corrected chi connectivity index (χ2v) is 5.41. The standard InChI is InChI=1S/C17H22ClNO2/c1-3-12-19-15(16-10-11-17(18)21-16)9-6-13-4-7-14(20-2)8-5-13/h4-5,7-8,10-11,15,19H,3,6,9,12H2,1-2H3. The van der Waals surface area contributed by atoms with E-state index in [4.69, 9.17) is 20.8 Å². The van der Waals surface area contributed by atoms with Gasteiger partial charge in [0.05, 0.1) is 13.2 Å². The van der Waals surface area contributed by atoms with Crippen LogP contribution in [0.4, 0.5) is 0 Å². The van der Waals surface area contributed by atoms with Crippen LogP contribution in [0.3, 0.4) is 0 Å². The summed E-state index contributed by atoms with van der Waals surface area (Å²) in [5.74, 6) is 1.79. The number of aryl methyl sites for hydroxylation is 1. The fourth-order valence-electron chi connectivity index (χ4n) is 2.28. The Morgan fingerprint density at radius 2 is 1.95 bits per heavy atom. The predicted molar refractivity (Wildman–Crippen MR) is 86.1 cm³/mol. The molecule has 0 aliphatic carbocycles. The third-order valence-corrected chi connectivity index (χ3v) is 3.66. The minimum Gasteiger partial charge on any atom is -0.497 e. The highest BCUT2D eigenvalue weighted by Gasteiger charge is 2.14. The number of methoxy groups -OCH3 is 1. The van der Waals surface area contributed by atoms with Crippen molar-refractivity contribution in [2.24, 2.45) is 0 Å². The summed E-state index contributed by atoms with van der Waals surface area (Å²) in [6.07, 6.45) is 3.04. The van der Waals surface area contributed by atoms with E-state index in [0.29, 0.717) is 5.22 Å². The molecule has 1 N–H and O–H groups in total. The van der Waals surface area contributed by atoms with Gasteiger partial charge in [-0.3, -0.25) is 0 Å². The lowest BCUT2D eigenvalue weighted by Crippen LogP contribution is -2.22. The van der Waals surface area contributed by atoms with Crippen LogP contribution in [0, 0.1) is 0 Å². The van der Waals surface area contributed by atoms with Crippen LogP contribution >= 0.6 is 11.6 Å². The quantitative estimate of drug-likeness (QED) is 0.773. The molecule has 0 saturated carbocycles.